The van der Waals surface area contributed by atoms with Crippen LogP contribution in [-0.2, 0) is 7.05 Å². The number of hydrogen-bond acceptors (Lipinski definition) is 3. The molecule has 0 N–H and O–H groups in total. The van der Waals surface area contributed by atoms with Gasteiger partial charge in [-0.05, 0) is 0 Å². The van der Waals surface area contributed by atoms with Crippen LogP contribution < -0.4 is 0 Å². The third-order valence-corrected chi connectivity index (χ3v) is 2.50. The van der Waals surface area contributed by atoms with Crippen molar-refractivity contribution < 1.29 is 4.92 Å². The zero-order valence-electron chi connectivity index (χ0n) is 8.42. The molecule has 16 heavy (non-hydrogen) atoms. The highest BCUT2D eigenvalue weighted by atomic mass is 35.5. The van der Waals surface area contributed by atoms with Crippen molar-refractivity contribution in [1.29, 1.82) is 0 Å². The molecule has 0 fully saturated rings. The quantitative estimate of drug-likeness (QED) is 0.596. The normalized spacial score (nSPS) is 10.4. The van der Waals surface area contributed by atoms with Gasteiger partial charge < -0.3 is 0 Å². The molecular weight excluding hydrogens is 230 g/mol. The first-order valence-electron chi connectivity index (χ1n) is 4.52. The molecule has 0 aliphatic heterocycles. The summed E-state index contributed by atoms with van der Waals surface area (Å²) in [4.78, 5) is 10.2. The van der Waals surface area contributed by atoms with E-state index in [1.54, 1.807) is 23.9 Å². The number of nitro benzene ring substituents is 1. The van der Waals surface area contributed by atoms with Gasteiger partial charge >= 0.3 is 0 Å². The second kappa shape index (κ2) is 3.94. The molecule has 6 heteroatoms. The SMILES string of the molecule is Cn1ncc(Cl)c1-c1cccc([N+](=O)[O-])c1. The molecule has 82 valence electrons. The number of hydrogen-bond donors (Lipinski definition) is 0. The molecule has 0 saturated carbocycles. The fourth-order valence-corrected chi connectivity index (χ4v) is 1.78. The monoisotopic (exact) mass is 237 g/mol. The lowest BCUT2D eigenvalue weighted by Gasteiger charge is -2.02. The summed E-state index contributed by atoms with van der Waals surface area (Å²) in [5, 5.41) is 15.1. The summed E-state index contributed by atoms with van der Waals surface area (Å²) in [6, 6.07) is 6.29. The van der Waals surface area contributed by atoms with E-state index in [4.69, 9.17) is 11.6 Å². The average molecular weight is 238 g/mol. The van der Waals surface area contributed by atoms with Crippen LogP contribution in [0.1, 0.15) is 0 Å². The van der Waals surface area contributed by atoms with Crippen molar-refractivity contribution in [2.24, 2.45) is 7.05 Å². The lowest BCUT2D eigenvalue weighted by atomic mass is 10.1. The maximum atomic E-state index is 10.6. The molecule has 5 nitrogen and oxygen atoms in total. The first-order chi connectivity index (χ1) is 7.59. The van der Waals surface area contributed by atoms with Crippen molar-refractivity contribution in [3.8, 4) is 11.3 Å². The fraction of sp³-hybridized carbons (Fsp3) is 0.100. The third kappa shape index (κ3) is 1.77. The van der Waals surface area contributed by atoms with Crippen LogP contribution in [0, 0.1) is 10.1 Å². The van der Waals surface area contributed by atoms with E-state index in [9.17, 15) is 10.1 Å². The van der Waals surface area contributed by atoms with E-state index in [0.717, 1.165) is 0 Å². The summed E-state index contributed by atoms with van der Waals surface area (Å²) in [7, 11) is 1.74. The van der Waals surface area contributed by atoms with Crippen molar-refractivity contribution >= 4 is 17.3 Å². The Morgan fingerprint density at radius 1 is 1.50 bits per heavy atom. The van der Waals surface area contributed by atoms with E-state index in [-0.39, 0.29) is 5.69 Å². The zero-order valence-corrected chi connectivity index (χ0v) is 9.18. The second-order valence-corrected chi connectivity index (χ2v) is 3.68. The maximum absolute atomic E-state index is 10.6. The molecule has 0 aliphatic rings. The molecule has 0 spiro atoms. The van der Waals surface area contributed by atoms with Gasteiger partial charge in [-0.25, -0.2) is 0 Å². The molecule has 0 amide bonds. The molecule has 0 radical (unpaired) electrons. The zero-order chi connectivity index (χ0) is 11.7. The number of nitro groups is 1. The van der Waals surface area contributed by atoms with Gasteiger partial charge in [-0.15, -0.1) is 0 Å². The smallest absolute Gasteiger partial charge is 0.266 e. The van der Waals surface area contributed by atoms with Crippen LogP contribution in [0.4, 0.5) is 5.69 Å². The molecule has 0 aliphatic carbocycles. The molecule has 1 aromatic heterocycles. The molecule has 1 heterocycles. The number of halogens is 1. The molecule has 0 unspecified atom stereocenters. The molecule has 2 aromatic rings. The predicted octanol–water partition coefficient (Wildman–Crippen LogP) is 2.65. The molecule has 0 saturated heterocycles. The lowest BCUT2D eigenvalue weighted by molar-refractivity contribution is -0.384. The number of rotatable bonds is 2. The Labute approximate surface area is 96.4 Å². The van der Waals surface area contributed by atoms with Gasteiger partial charge in [-0.1, -0.05) is 23.7 Å². The fourth-order valence-electron chi connectivity index (χ4n) is 1.50. The Morgan fingerprint density at radius 2 is 2.25 bits per heavy atom. The molecular formula is C10H8ClN3O2. The van der Waals surface area contributed by atoms with Gasteiger partial charge in [0.1, 0.15) is 0 Å². The minimum Gasteiger partial charge on any atom is -0.266 e. The van der Waals surface area contributed by atoms with Gasteiger partial charge in [0, 0.05) is 24.7 Å². The Hall–Kier alpha value is -1.88. The van der Waals surface area contributed by atoms with Gasteiger partial charge in [0.2, 0.25) is 0 Å². The molecule has 1 aromatic carbocycles. The van der Waals surface area contributed by atoms with E-state index in [1.165, 1.54) is 18.3 Å². The standard InChI is InChI=1S/C10H8ClN3O2/c1-13-10(9(11)6-12-13)7-3-2-4-8(5-7)14(15)16/h2-6H,1H3. The highest BCUT2D eigenvalue weighted by molar-refractivity contribution is 6.33. The van der Waals surface area contributed by atoms with Gasteiger partial charge in [-0.2, -0.15) is 5.10 Å². The highest BCUT2D eigenvalue weighted by Crippen LogP contribution is 2.29. The number of nitrogens with zero attached hydrogens (tertiary/aromatic N) is 3. The van der Waals surface area contributed by atoms with E-state index >= 15 is 0 Å². The maximum Gasteiger partial charge on any atom is 0.270 e. The third-order valence-electron chi connectivity index (χ3n) is 2.22. The van der Waals surface area contributed by atoms with Crippen LogP contribution in [0.3, 0.4) is 0 Å². The Balaban J connectivity index is 2.57. The van der Waals surface area contributed by atoms with Gasteiger partial charge in [0.15, 0.2) is 0 Å². The minimum atomic E-state index is -0.437. The van der Waals surface area contributed by atoms with Crippen molar-refractivity contribution in [2.45, 2.75) is 0 Å². The van der Waals surface area contributed by atoms with E-state index in [0.29, 0.717) is 16.3 Å². The highest BCUT2D eigenvalue weighted by Gasteiger charge is 2.12. The molecule has 2 rings (SSSR count). The summed E-state index contributed by atoms with van der Waals surface area (Å²) in [5.41, 5.74) is 1.39. The number of benzene rings is 1. The lowest BCUT2D eigenvalue weighted by Crippen LogP contribution is -1.94. The average Bonchev–Trinajstić information content (AvgIpc) is 2.59. The summed E-state index contributed by atoms with van der Waals surface area (Å²) >= 11 is 5.96. The number of non-ortho nitro benzene ring substituents is 1. The van der Waals surface area contributed by atoms with Crippen LogP contribution in [0.5, 0.6) is 0 Å². The summed E-state index contributed by atoms with van der Waals surface area (Å²) in [6.07, 6.45) is 1.51. The van der Waals surface area contributed by atoms with Gasteiger partial charge in [0.05, 0.1) is 21.8 Å². The van der Waals surface area contributed by atoms with Crippen molar-refractivity contribution in [3.63, 3.8) is 0 Å². The van der Waals surface area contributed by atoms with Crippen molar-refractivity contribution in [1.82, 2.24) is 9.78 Å². The Bertz CT molecular complexity index is 531. The van der Waals surface area contributed by atoms with E-state index < -0.39 is 4.92 Å². The van der Waals surface area contributed by atoms with Crippen molar-refractivity contribution in [3.05, 3.63) is 45.6 Å². The molecule has 0 bridgehead atoms. The van der Waals surface area contributed by atoms with Gasteiger partial charge in [0.25, 0.3) is 5.69 Å². The van der Waals surface area contributed by atoms with Crippen LogP contribution in [-0.4, -0.2) is 14.7 Å². The summed E-state index contributed by atoms with van der Waals surface area (Å²) in [6.45, 7) is 0. The first kappa shape index (κ1) is 10.6. The second-order valence-electron chi connectivity index (χ2n) is 3.27. The summed E-state index contributed by atoms with van der Waals surface area (Å²) in [5.74, 6) is 0. The Morgan fingerprint density at radius 3 is 2.81 bits per heavy atom. The van der Waals surface area contributed by atoms with E-state index in [2.05, 4.69) is 5.10 Å². The molecule has 0 atom stereocenters. The summed E-state index contributed by atoms with van der Waals surface area (Å²) < 4.78 is 1.58. The topological polar surface area (TPSA) is 61.0 Å². The van der Waals surface area contributed by atoms with Crippen LogP contribution in [0.15, 0.2) is 30.5 Å². The van der Waals surface area contributed by atoms with Crippen LogP contribution in [0.25, 0.3) is 11.3 Å². The van der Waals surface area contributed by atoms with Gasteiger partial charge in [-0.3, -0.25) is 14.8 Å². The van der Waals surface area contributed by atoms with Crippen molar-refractivity contribution in [2.75, 3.05) is 0 Å². The largest absolute Gasteiger partial charge is 0.270 e. The van der Waals surface area contributed by atoms with Crippen LogP contribution in [0.2, 0.25) is 5.02 Å². The first-order valence-corrected chi connectivity index (χ1v) is 4.89. The van der Waals surface area contributed by atoms with E-state index in [1.807, 2.05) is 0 Å². The minimum absolute atomic E-state index is 0.0368. The Kier molecular flexibility index (Phi) is 2.62. The number of aromatic nitrogens is 2. The van der Waals surface area contributed by atoms with Crippen LogP contribution >= 0.6 is 11.6 Å². The predicted molar refractivity (Wildman–Crippen MR) is 60.3 cm³/mol. The number of aryl methyl sites for hydroxylation is 1.